The van der Waals surface area contributed by atoms with Crippen molar-refractivity contribution in [1.82, 2.24) is 10.2 Å². The topological polar surface area (TPSA) is 41.6 Å². The molecule has 0 saturated carbocycles. The summed E-state index contributed by atoms with van der Waals surface area (Å²) in [4.78, 5) is 13.5. The molecule has 1 N–H and O–H groups in total. The Morgan fingerprint density at radius 3 is 3.00 bits per heavy atom. The van der Waals surface area contributed by atoms with E-state index in [0.29, 0.717) is 13.2 Å². The molecule has 0 radical (unpaired) electrons. The van der Waals surface area contributed by atoms with Crippen LogP contribution in [0.4, 0.5) is 0 Å². The van der Waals surface area contributed by atoms with Crippen LogP contribution in [0.1, 0.15) is 6.42 Å². The van der Waals surface area contributed by atoms with Crippen molar-refractivity contribution in [3.63, 3.8) is 0 Å². The second kappa shape index (κ2) is 7.12. The first-order valence-electron chi connectivity index (χ1n) is 5.16. The van der Waals surface area contributed by atoms with Crippen LogP contribution < -0.4 is 5.32 Å². The summed E-state index contributed by atoms with van der Waals surface area (Å²) in [6, 6.07) is 0. The van der Waals surface area contributed by atoms with E-state index >= 15 is 0 Å². The smallest absolute Gasteiger partial charge is 0.223 e. The molecule has 1 rings (SSSR count). The molecule has 0 spiro atoms. The minimum absolute atomic E-state index is 0.0677. The zero-order valence-electron chi connectivity index (χ0n) is 9.21. The number of nitrogens with zero attached hydrogens (tertiary/aromatic N) is 1. The maximum Gasteiger partial charge on any atom is 0.223 e. The van der Waals surface area contributed by atoms with E-state index in [2.05, 4.69) is 10.2 Å². The molecular formula is C10H16Cl2N2O2. The van der Waals surface area contributed by atoms with Gasteiger partial charge in [0.1, 0.15) is 4.49 Å². The van der Waals surface area contributed by atoms with Gasteiger partial charge in [-0.1, -0.05) is 23.2 Å². The van der Waals surface area contributed by atoms with Gasteiger partial charge in [-0.3, -0.25) is 4.79 Å². The third-order valence-corrected chi connectivity index (χ3v) is 2.62. The second-order valence-corrected chi connectivity index (χ2v) is 4.76. The molecule has 4 nitrogen and oxygen atoms in total. The molecule has 0 aromatic carbocycles. The summed E-state index contributed by atoms with van der Waals surface area (Å²) in [5, 5.41) is 2.78. The maximum absolute atomic E-state index is 11.3. The van der Waals surface area contributed by atoms with E-state index in [1.165, 1.54) is 6.08 Å². The predicted molar refractivity (Wildman–Crippen MR) is 64.7 cm³/mol. The Hall–Kier alpha value is -0.290. The number of carbonyl (C=O) groups is 1. The van der Waals surface area contributed by atoms with Gasteiger partial charge in [-0.2, -0.15) is 0 Å². The highest BCUT2D eigenvalue weighted by atomic mass is 35.5. The quantitative estimate of drug-likeness (QED) is 0.830. The van der Waals surface area contributed by atoms with Gasteiger partial charge < -0.3 is 15.0 Å². The number of hydrogen-bond donors (Lipinski definition) is 1. The highest BCUT2D eigenvalue weighted by molar-refractivity contribution is 6.55. The van der Waals surface area contributed by atoms with Crippen LogP contribution in [0.2, 0.25) is 0 Å². The summed E-state index contributed by atoms with van der Waals surface area (Å²) < 4.78 is 5.62. The third-order valence-electron chi connectivity index (χ3n) is 2.31. The molecule has 0 aliphatic carbocycles. The summed E-state index contributed by atoms with van der Waals surface area (Å²) in [5.74, 6) is -0.101. The van der Waals surface area contributed by atoms with Crippen molar-refractivity contribution >= 4 is 29.1 Å². The molecule has 0 aromatic rings. The summed E-state index contributed by atoms with van der Waals surface area (Å²) in [6.07, 6.45) is 1.73. The lowest BCUT2D eigenvalue weighted by Crippen LogP contribution is -2.45. The molecule has 1 unspecified atom stereocenters. The minimum atomic E-state index is -0.101. The minimum Gasteiger partial charge on any atom is -0.374 e. The van der Waals surface area contributed by atoms with Crippen LogP contribution in [0.15, 0.2) is 10.6 Å². The Labute approximate surface area is 106 Å². The van der Waals surface area contributed by atoms with Crippen molar-refractivity contribution in [2.75, 3.05) is 33.3 Å². The van der Waals surface area contributed by atoms with Crippen molar-refractivity contribution in [3.05, 3.63) is 10.6 Å². The van der Waals surface area contributed by atoms with E-state index < -0.39 is 0 Å². The molecule has 1 aliphatic heterocycles. The first-order valence-corrected chi connectivity index (χ1v) is 5.91. The van der Waals surface area contributed by atoms with E-state index in [1.54, 1.807) is 0 Å². The Bertz CT molecular complexity index is 268. The van der Waals surface area contributed by atoms with Gasteiger partial charge in [0.15, 0.2) is 0 Å². The Kier molecular flexibility index (Phi) is 6.13. The van der Waals surface area contributed by atoms with E-state index in [1.807, 2.05) is 7.05 Å². The summed E-state index contributed by atoms with van der Waals surface area (Å²) in [7, 11) is 2.04. The Morgan fingerprint density at radius 1 is 1.62 bits per heavy atom. The number of hydrogen-bond acceptors (Lipinski definition) is 3. The first kappa shape index (κ1) is 13.8. The van der Waals surface area contributed by atoms with E-state index in [4.69, 9.17) is 27.9 Å². The van der Waals surface area contributed by atoms with Gasteiger partial charge in [-0.15, -0.1) is 0 Å². The van der Waals surface area contributed by atoms with Crippen LogP contribution in [0.3, 0.4) is 0 Å². The lowest BCUT2D eigenvalue weighted by Gasteiger charge is -2.30. The van der Waals surface area contributed by atoms with Crippen LogP contribution in [-0.2, 0) is 9.53 Å². The number of amides is 1. The van der Waals surface area contributed by atoms with Crippen LogP contribution in [-0.4, -0.2) is 50.2 Å². The fourth-order valence-corrected chi connectivity index (χ4v) is 1.61. The van der Waals surface area contributed by atoms with Crippen molar-refractivity contribution in [2.45, 2.75) is 12.5 Å². The molecule has 1 saturated heterocycles. The molecule has 16 heavy (non-hydrogen) atoms. The van der Waals surface area contributed by atoms with Crippen molar-refractivity contribution in [3.8, 4) is 0 Å². The predicted octanol–water partition coefficient (Wildman–Crippen LogP) is 1.14. The fraction of sp³-hybridized carbons (Fsp3) is 0.700. The van der Waals surface area contributed by atoms with Crippen LogP contribution >= 0.6 is 23.2 Å². The van der Waals surface area contributed by atoms with Gasteiger partial charge in [0.2, 0.25) is 5.91 Å². The van der Waals surface area contributed by atoms with Crippen molar-refractivity contribution in [1.29, 1.82) is 0 Å². The average Bonchev–Trinajstić information content (AvgIpc) is 2.23. The number of likely N-dealkylation sites (N-methyl/N-ethyl adjacent to an activating group) is 1. The molecule has 1 atom stereocenters. The van der Waals surface area contributed by atoms with Gasteiger partial charge in [0, 0.05) is 26.1 Å². The van der Waals surface area contributed by atoms with Gasteiger partial charge in [0.05, 0.1) is 12.7 Å². The number of halogens is 2. The molecule has 1 heterocycles. The lowest BCUT2D eigenvalue weighted by molar-refractivity contribution is -0.121. The number of carbonyl (C=O) groups excluding carboxylic acids is 1. The first-order chi connectivity index (χ1) is 7.58. The van der Waals surface area contributed by atoms with Crippen LogP contribution in [0.25, 0.3) is 0 Å². The summed E-state index contributed by atoms with van der Waals surface area (Å²) in [6.45, 7) is 3.02. The molecule has 92 valence electrons. The van der Waals surface area contributed by atoms with Crippen LogP contribution in [0, 0.1) is 0 Å². The molecule has 1 fully saturated rings. The Balaban J connectivity index is 2.18. The van der Waals surface area contributed by atoms with Gasteiger partial charge in [0.25, 0.3) is 0 Å². The zero-order chi connectivity index (χ0) is 12.0. The summed E-state index contributed by atoms with van der Waals surface area (Å²) >= 11 is 10.8. The molecular weight excluding hydrogens is 251 g/mol. The van der Waals surface area contributed by atoms with E-state index in [0.717, 1.165) is 13.1 Å². The van der Waals surface area contributed by atoms with Crippen molar-refractivity contribution in [2.24, 2.45) is 0 Å². The molecule has 0 aromatic heterocycles. The van der Waals surface area contributed by atoms with Crippen LogP contribution in [0.5, 0.6) is 0 Å². The lowest BCUT2D eigenvalue weighted by atomic mass is 10.2. The molecule has 0 bridgehead atoms. The van der Waals surface area contributed by atoms with Gasteiger partial charge in [-0.05, 0) is 13.1 Å². The van der Waals surface area contributed by atoms with Crippen molar-refractivity contribution < 1.29 is 9.53 Å². The number of morpholine rings is 1. The molecule has 1 aliphatic rings. The largest absolute Gasteiger partial charge is 0.374 e. The summed E-state index contributed by atoms with van der Waals surface area (Å²) in [5.41, 5.74) is 0. The van der Waals surface area contributed by atoms with Gasteiger partial charge >= 0.3 is 0 Å². The fourth-order valence-electron chi connectivity index (χ4n) is 1.46. The normalized spacial score (nSPS) is 21.6. The zero-order valence-corrected chi connectivity index (χ0v) is 10.7. The monoisotopic (exact) mass is 266 g/mol. The Morgan fingerprint density at radius 2 is 2.38 bits per heavy atom. The SMILES string of the molecule is CN1CCOC(CNC(=O)CC=C(Cl)Cl)C1. The maximum atomic E-state index is 11.3. The molecule has 1 amide bonds. The molecule has 6 heteroatoms. The standard InChI is InChI=1S/C10H16Cl2N2O2/c1-14-4-5-16-8(7-14)6-13-10(15)3-2-9(11)12/h2,8H,3-7H2,1H3,(H,13,15). The number of ether oxygens (including phenoxy) is 1. The van der Waals surface area contributed by atoms with E-state index in [-0.39, 0.29) is 22.9 Å². The highest BCUT2D eigenvalue weighted by Crippen LogP contribution is 2.07. The van der Waals surface area contributed by atoms with Gasteiger partial charge in [-0.25, -0.2) is 0 Å². The number of rotatable bonds is 4. The highest BCUT2D eigenvalue weighted by Gasteiger charge is 2.17. The third kappa shape index (κ3) is 5.70. The number of nitrogens with one attached hydrogen (secondary N) is 1. The second-order valence-electron chi connectivity index (χ2n) is 3.76. The average molecular weight is 267 g/mol. The van der Waals surface area contributed by atoms with E-state index in [9.17, 15) is 4.79 Å².